The van der Waals surface area contributed by atoms with Crippen molar-refractivity contribution in [2.75, 3.05) is 0 Å². The van der Waals surface area contributed by atoms with Crippen LogP contribution in [0, 0.1) is 11.3 Å². The number of halogens is 3. The summed E-state index contributed by atoms with van der Waals surface area (Å²) >= 11 is 0. The fourth-order valence-electron chi connectivity index (χ4n) is 2.89. The molecule has 1 aliphatic carbocycles. The van der Waals surface area contributed by atoms with Crippen molar-refractivity contribution < 1.29 is 13.2 Å². The van der Waals surface area contributed by atoms with E-state index < -0.39 is 23.0 Å². The predicted molar refractivity (Wildman–Crippen MR) is 91.2 cm³/mol. The highest BCUT2D eigenvalue weighted by atomic mass is 19.4. The SMILES string of the molecule is N#Cc1cn(C2CC2)c(=O)n(Cc2nnnn2-c2ccc(C(F)(F)F)cc2)c1=O. The molecule has 1 fully saturated rings. The molecule has 0 aliphatic heterocycles. The summed E-state index contributed by atoms with van der Waals surface area (Å²) in [5.74, 6) is 0.0568. The number of hydrogen-bond donors (Lipinski definition) is 0. The fourth-order valence-corrected chi connectivity index (χ4v) is 2.89. The van der Waals surface area contributed by atoms with Crippen LogP contribution in [0.2, 0.25) is 0 Å². The highest BCUT2D eigenvalue weighted by molar-refractivity contribution is 5.35. The summed E-state index contributed by atoms with van der Waals surface area (Å²) in [5.41, 5.74) is -2.17. The van der Waals surface area contributed by atoms with Gasteiger partial charge in [0.25, 0.3) is 5.56 Å². The van der Waals surface area contributed by atoms with Crippen LogP contribution in [0.5, 0.6) is 0 Å². The second kappa shape index (κ2) is 6.69. The Kier molecular flexibility index (Phi) is 4.30. The zero-order chi connectivity index (χ0) is 20.8. The van der Waals surface area contributed by atoms with Crippen molar-refractivity contribution in [2.24, 2.45) is 0 Å². The minimum Gasteiger partial charge on any atom is -0.296 e. The molecule has 1 saturated carbocycles. The summed E-state index contributed by atoms with van der Waals surface area (Å²) in [6, 6.07) is 5.83. The van der Waals surface area contributed by atoms with Crippen LogP contribution < -0.4 is 11.2 Å². The molecule has 0 bridgehead atoms. The molecule has 3 aromatic rings. The van der Waals surface area contributed by atoms with Gasteiger partial charge in [-0.2, -0.15) is 23.1 Å². The molecule has 1 aromatic carbocycles. The molecule has 4 rings (SSSR count). The predicted octanol–water partition coefficient (Wildman–Crippen LogP) is 1.26. The van der Waals surface area contributed by atoms with E-state index in [1.54, 1.807) is 6.07 Å². The maximum absolute atomic E-state index is 12.7. The van der Waals surface area contributed by atoms with Gasteiger partial charge in [-0.05, 0) is 47.5 Å². The summed E-state index contributed by atoms with van der Waals surface area (Å²) in [4.78, 5) is 25.2. The Hall–Kier alpha value is -3.75. The number of nitrogens with zero attached hydrogens (tertiary/aromatic N) is 7. The molecule has 0 N–H and O–H groups in total. The van der Waals surface area contributed by atoms with E-state index in [4.69, 9.17) is 0 Å². The van der Waals surface area contributed by atoms with E-state index in [1.165, 1.54) is 22.9 Å². The van der Waals surface area contributed by atoms with Crippen molar-refractivity contribution in [1.82, 2.24) is 29.3 Å². The van der Waals surface area contributed by atoms with E-state index in [1.807, 2.05) is 0 Å². The van der Waals surface area contributed by atoms with Gasteiger partial charge in [0.2, 0.25) is 0 Å². The van der Waals surface area contributed by atoms with Crippen molar-refractivity contribution in [3.05, 3.63) is 68.3 Å². The summed E-state index contributed by atoms with van der Waals surface area (Å²) < 4.78 is 41.6. The van der Waals surface area contributed by atoms with E-state index in [2.05, 4.69) is 15.5 Å². The average Bonchev–Trinajstić information content (AvgIpc) is 3.42. The second-order valence-corrected chi connectivity index (χ2v) is 6.52. The third kappa shape index (κ3) is 3.42. The fraction of sp³-hybridized carbons (Fsp3) is 0.294. The highest BCUT2D eigenvalue weighted by Crippen LogP contribution is 2.33. The van der Waals surface area contributed by atoms with Crippen molar-refractivity contribution in [3.63, 3.8) is 0 Å². The van der Waals surface area contributed by atoms with Crippen LogP contribution in [0.25, 0.3) is 5.69 Å². The Bertz CT molecular complexity index is 1230. The molecule has 1 aliphatic rings. The lowest BCUT2D eigenvalue weighted by molar-refractivity contribution is -0.137. The molecular formula is C17H12F3N7O2. The van der Waals surface area contributed by atoms with Gasteiger partial charge < -0.3 is 0 Å². The molecular weight excluding hydrogens is 391 g/mol. The van der Waals surface area contributed by atoms with Gasteiger partial charge >= 0.3 is 11.9 Å². The number of aromatic nitrogens is 6. The van der Waals surface area contributed by atoms with Gasteiger partial charge in [-0.25, -0.2) is 4.79 Å². The lowest BCUT2D eigenvalue weighted by Gasteiger charge is -2.11. The topological polar surface area (TPSA) is 111 Å². The van der Waals surface area contributed by atoms with Crippen molar-refractivity contribution in [1.29, 1.82) is 5.26 Å². The molecule has 2 aromatic heterocycles. The maximum Gasteiger partial charge on any atom is 0.416 e. The lowest BCUT2D eigenvalue weighted by Crippen LogP contribution is -2.41. The largest absolute Gasteiger partial charge is 0.416 e. The standard InChI is InChI=1S/C17H12F3N7O2/c18-17(19,20)11-1-3-13(4-2-11)27-14(22-23-24-27)9-26-15(28)10(7-21)8-25(16(26)29)12-5-6-12/h1-4,8,12H,5-6,9H2. The first kappa shape index (κ1) is 18.6. The van der Waals surface area contributed by atoms with Crippen LogP contribution in [-0.4, -0.2) is 29.3 Å². The first-order valence-electron chi connectivity index (χ1n) is 8.50. The summed E-state index contributed by atoms with van der Waals surface area (Å²) in [7, 11) is 0. The van der Waals surface area contributed by atoms with Gasteiger partial charge in [0.05, 0.1) is 17.8 Å². The summed E-state index contributed by atoms with van der Waals surface area (Å²) in [6.07, 6.45) is -1.70. The zero-order valence-electron chi connectivity index (χ0n) is 14.7. The first-order valence-corrected chi connectivity index (χ1v) is 8.50. The van der Waals surface area contributed by atoms with Crippen molar-refractivity contribution in [2.45, 2.75) is 31.6 Å². The van der Waals surface area contributed by atoms with Crippen LogP contribution in [0.15, 0.2) is 40.1 Å². The van der Waals surface area contributed by atoms with Gasteiger partial charge in [0.15, 0.2) is 5.82 Å². The Morgan fingerprint density at radius 3 is 2.45 bits per heavy atom. The third-order valence-corrected chi connectivity index (χ3v) is 4.53. The number of hydrogen-bond acceptors (Lipinski definition) is 6. The normalized spacial score (nSPS) is 14.0. The summed E-state index contributed by atoms with van der Waals surface area (Å²) in [5, 5.41) is 20.2. The maximum atomic E-state index is 12.7. The van der Waals surface area contributed by atoms with Crippen LogP contribution in [0.1, 0.15) is 35.8 Å². The van der Waals surface area contributed by atoms with Crippen LogP contribution in [-0.2, 0) is 12.7 Å². The number of rotatable bonds is 4. The van der Waals surface area contributed by atoms with Crippen molar-refractivity contribution in [3.8, 4) is 11.8 Å². The molecule has 148 valence electrons. The van der Waals surface area contributed by atoms with E-state index in [0.717, 1.165) is 34.2 Å². The molecule has 29 heavy (non-hydrogen) atoms. The Labute approximate surface area is 160 Å². The Morgan fingerprint density at radius 1 is 1.17 bits per heavy atom. The quantitative estimate of drug-likeness (QED) is 0.648. The number of tetrazole rings is 1. The molecule has 0 amide bonds. The van der Waals surface area contributed by atoms with Crippen molar-refractivity contribution >= 4 is 0 Å². The molecule has 0 atom stereocenters. The zero-order valence-corrected chi connectivity index (χ0v) is 14.7. The van der Waals surface area contributed by atoms with E-state index in [9.17, 15) is 28.0 Å². The van der Waals surface area contributed by atoms with Gasteiger partial charge in [0, 0.05) is 12.2 Å². The minimum atomic E-state index is -4.49. The van der Waals surface area contributed by atoms with Gasteiger partial charge in [-0.15, -0.1) is 5.10 Å². The molecule has 2 heterocycles. The van der Waals surface area contributed by atoms with Gasteiger partial charge in [-0.3, -0.25) is 13.9 Å². The first-order chi connectivity index (χ1) is 13.8. The number of benzene rings is 1. The number of alkyl halides is 3. The molecule has 9 nitrogen and oxygen atoms in total. The van der Waals surface area contributed by atoms with E-state index in [-0.39, 0.29) is 29.7 Å². The van der Waals surface area contributed by atoms with Crippen LogP contribution in [0.4, 0.5) is 13.2 Å². The Balaban J connectivity index is 1.74. The molecule has 0 spiro atoms. The number of nitriles is 1. The van der Waals surface area contributed by atoms with E-state index in [0.29, 0.717) is 0 Å². The van der Waals surface area contributed by atoms with Gasteiger partial charge in [0.1, 0.15) is 11.6 Å². The van der Waals surface area contributed by atoms with Crippen LogP contribution in [0.3, 0.4) is 0 Å². The smallest absolute Gasteiger partial charge is 0.296 e. The summed E-state index contributed by atoms with van der Waals surface area (Å²) in [6.45, 7) is -0.339. The monoisotopic (exact) mass is 403 g/mol. The molecule has 0 unspecified atom stereocenters. The third-order valence-electron chi connectivity index (χ3n) is 4.53. The van der Waals surface area contributed by atoms with Gasteiger partial charge in [-0.1, -0.05) is 0 Å². The average molecular weight is 403 g/mol. The Morgan fingerprint density at radius 2 is 1.86 bits per heavy atom. The molecule has 0 radical (unpaired) electrons. The molecule has 0 saturated heterocycles. The second-order valence-electron chi connectivity index (χ2n) is 6.52. The lowest BCUT2D eigenvalue weighted by atomic mass is 10.2. The molecule has 12 heteroatoms. The minimum absolute atomic E-state index is 0.0568. The van der Waals surface area contributed by atoms with Crippen LogP contribution >= 0.6 is 0 Å². The highest BCUT2D eigenvalue weighted by Gasteiger charge is 2.30. The van der Waals surface area contributed by atoms with E-state index >= 15 is 0 Å².